The zero-order chi connectivity index (χ0) is 64.8. The third-order valence-corrected chi connectivity index (χ3v) is 11.9. The van der Waals surface area contributed by atoms with Crippen molar-refractivity contribution in [2.45, 2.75) is 136 Å². The van der Waals surface area contributed by atoms with E-state index in [1.54, 1.807) is 0 Å². The predicted octanol–water partition coefficient (Wildman–Crippen LogP) is 3.05. The fourth-order valence-corrected chi connectivity index (χ4v) is 7.80. The summed E-state index contributed by atoms with van der Waals surface area (Å²) in [7, 11) is 3.97. The summed E-state index contributed by atoms with van der Waals surface area (Å²) in [6.45, 7) is 33.4. The Hall–Kier alpha value is -3.58. The molecule has 8 atom stereocenters. The first-order valence-corrected chi connectivity index (χ1v) is 30.4. The number of carbonyl (C=O) groups excluding carboxylic acids is 4. The van der Waals surface area contributed by atoms with Crippen LogP contribution in [0.2, 0.25) is 0 Å². The maximum atomic E-state index is 11.6. The molecule has 0 bridgehead atoms. The van der Waals surface area contributed by atoms with Crippen LogP contribution in [-0.4, -0.2) is 300 Å². The number of aliphatic hydroxyl groups is 4. The number of carbonyl (C=O) groups is 4. The number of likely N-dealkylation sites (N-methyl/N-ethyl adjacent to an activating group) is 2. The number of hydrogen-bond acceptors (Lipinski definition) is 25. The molecule has 0 aliphatic rings. The van der Waals surface area contributed by atoms with E-state index in [1.165, 1.54) is 0 Å². The molecule has 0 aromatic heterocycles. The second-order valence-electron chi connectivity index (χ2n) is 21.3. The van der Waals surface area contributed by atoms with Crippen LogP contribution >= 0.6 is 0 Å². The van der Waals surface area contributed by atoms with Crippen LogP contribution in [0.15, 0.2) is 38.0 Å². The third-order valence-electron chi connectivity index (χ3n) is 11.9. The Balaban J connectivity index is 0. The molecule has 0 fully saturated rings. The molecule has 0 aliphatic carbocycles. The van der Waals surface area contributed by atoms with Gasteiger partial charge in [0, 0.05) is 50.8 Å². The van der Waals surface area contributed by atoms with Crippen molar-refractivity contribution >= 4 is 23.9 Å². The molecule has 0 amide bonds. The second-order valence-corrected chi connectivity index (χ2v) is 21.3. The zero-order valence-corrected chi connectivity index (χ0v) is 54.1. The minimum absolute atomic E-state index is 0.00585. The van der Waals surface area contributed by atoms with Gasteiger partial charge in [-0.15, -0.1) is 0 Å². The lowest BCUT2D eigenvalue weighted by molar-refractivity contribution is -0.149. The van der Waals surface area contributed by atoms with Crippen LogP contribution in [0.5, 0.6) is 0 Å². The van der Waals surface area contributed by atoms with Gasteiger partial charge in [0.25, 0.3) is 0 Å². The van der Waals surface area contributed by atoms with Crippen LogP contribution < -0.4 is 0 Å². The largest absolute Gasteiger partial charge is 0.463 e. The molecule has 0 saturated heterocycles. The van der Waals surface area contributed by atoms with Gasteiger partial charge in [0.05, 0.1) is 160 Å². The Kier molecular flexibility index (Phi) is 55.6. The molecule has 0 heterocycles. The first-order valence-electron chi connectivity index (χ1n) is 30.4. The monoisotopic (exact) mass is 1240 g/mol. The van der Waals surface area contributed by atoms with Gasteiger partial charge < -0.3 is 96.5 Å². The van der Waals surface area contributed by atoms with Gasteiger partial charge in [-0.1, -0.05) is 47.4 Å². The highest BCUT2D eigenvalue weighted by molar-refractivity contribution is 5.81. The molecule has 0 rings (SSSR count). The van der Waals surface area contributed by atoms with Crippen LogP contribution in [0.1, 0.15) is 87.5 Å². The molecule has 0 aliphatic heterocycles. The van der Waals surface area contributed by atoms with Gasteiger partial charge in [0.15, 0.2) is 0 Å². The van der Waals surface area contributed by atoms with Crippen molar-refractivity contribution in [1.29, 1.82) is 0 Å². The standard InChI is InChI=1S/C35H75N3O10.C26H40O12/c1-10-13-36(8)16-32(39)24-43-20-28(4)46-23-31(7)48-27-35(42)19-38(15-12-3)18-34(41)25-44-21-29(5)45-22-30(6)47-26-33(40)17-37(9)14-11-2;1-5-9-25(30)38-17-13-34-21-26(18-31-10-14-35-22(27)6-2,19-32-11-15-36-23(28)7-3)20-33-12-16-37-24(29)8-4/h28-35,39-42H,10-27H2,1-9H3;6-8H,2-5,9-21H2,1H3. The lowest BCUT2D eigenvalue weighted by Gasteiger charge is -2.33. The summed E-state index contributed by atoms with van der Waals surface area (Å²) in [5, 5.41) is 41.4. The van der Waals surface area contributed by atoms with E-state index in [9.17, 15) is 39.6 Å². The number of hydrogen-bond donors (Lipinski definition) is 4. The number of rotatable bonds is 59. The first-order chi connectivity index (χ1) is 41.1. The minimum atomic E-state index is -0.860. The van der Waals surface area contributed by atoms with Crippen LogP contribution in [0.3, 0.4) is 0 Å². The van der Waals surface area contributed by atoms with Gasteiger partial charge >= 0.3 is 23.9 Å². The third kappa shape index (κ3) is 52.4. The summed E-state index contributed by atoms with van der Waals surface area (Å²) in [5.74, 6) is -2.03. The van der Waals surface area contributed by atoms with Crippen molar-refractivity contribution in [1.82, 2.24) is 14.7 Å². The van der Waals surface area contributed by atoms with E-state index in [-0.39, 0.29) is 136 Å². The molecule has 25 nitrogen and oxygen atoms in total. The number of aliphatic hydroxyl groups excluding tert-OH is 4. The fraction of sp³-hybridized carbons (Fsp3) is 0.836. The highest BCUT2D eigenvalue weighted by Crippen LogP contribution is 2.21. The summed E-state index contributed by atoms with van der Waals surface area (Å²) in [4.78, 5) is 51.4. The average molecular weight is 1240 g/mol. The van der Waals surface area contributed by atoms with Crippen LogP contribution in [-0.2, 0) is 85.5 Å². The number of nitrogens with zero attached hydrogens (tertiary/aromatic N) is 3. The van der Waals surface area contributed by atoms with Crippen LogP contribution in [0.4, 0.5) is 0 Å². The average Bonchev–Trinajstić information content (AvgIpc) is 3.67. The quantitative estimate of drug-likeness (QED) is 0.0295. The minimum Gasteiger partial charge on any atom is -0.463 e. The summed E-state index contributed by atoms with van der Waals surface area (Å²) in [5.41, 5.74) is -0.860. The maximum absolute atomic E-state index is 11.6. The van der Waals surface area contributed by atoms with Gasteiger partial charge in [-0.05, 0) is 87.1 Å². The Bertz CT molecular complexity index is 1610. The van der Waals surface area contributed by atoms with E-state index < -0.39 is 47.7 Å². The molecule has 0 spiro atoms. The highest BCUT2D eigenvalue weighted by atomic mass is 16.6. The van der Waals surface area contributed by atoms with Crippen molar-refractivity contribution in [2.24, 2.45) is 5.41 Å². The van der Waals surface area contributed by atoms with Gasteiger partial charge in [0.2, 0.25) is 0 Å². The SMILES string of the molecule is C=CC(=O)OCCOCC(COCCOC(=O)C=C)(COCCOC(=O)C=C)COCCOC(=O)CCC.CCCN(C)CC(O)COCC(C)OCC(C)OCC(O)CN(CCC)CC(O)COCC(C)OCC(C)OCC(O)CN(C)CCC. The second kappa shape index (κ2) is 56.6. The summed E-state index contributed by atoms with van der Waals surface area (Å²) < 4.78 is 77.3. The highest BCUT2D eigenvalue weighted by Gasteiger charge is 2.33. The lowest BCUT2D eigenvalue weighted by atomic mass is 9.92. The van der Waals surface area contributed by atoms with Crippen molar-refractivity contribution in [3.05, 3.63) is 38.0 Å². The molecular formula is C61H115N3O22. The van der Waals surface area contributed by atoms with Crippen LogP contribution in [0, 0.1) is 5.41 Å². The van der Waals surface area contributed by atoms with E-state index in [1.807, 2.05) is 53.6 Å². The molecule has 0 saturated carbocycles. The van der Waals surface area contributed by atoms with Crippen molar-refractivity contribution in [3.8, 4) is 0 Å². The number of esters is 4. The molecular weight excluding hydrogens is 1130 g/mol. The molecule has 86 heavy (non-hydrogen) atoms. The molecule has 0 aromatic carbocycles. The van der Waals surface area contributed by atoms with E-state index in [0.717, 1.165) is 57.1 Å². The summed E-state index contributed by atoms with van der Waals surface area (Å²) in [6.07, 6.45) is 3.94. The van der Waals surface area contributed by atoms with E-state index in [2.05, 4.69) is 50.3 Å². The maximum Gasteiger partial charge on any atom is 0.330 e. The molecule has 4 N–H and O–H groups in total. The van der Waals surface area contributed by atoms with Gasteiger partial charge in [0.1, 0.15) is 26.4 Å². The first kappa shape index (κ1) is 84.5. The molecule has 0 aromatic rings. The van der Waals surface area contributed by atoms with Gasteiger partial charge in [-0.2, -0.15) is 0 Å². The summed E-state index contributed by atoms with van der Waals surface area (Å²) in [6, 6.07) is 0. The normalized spacial score (nSPS) is 14.5. The Morgan fingerprint density at radius 3 is 1.07 bits per heavy atom. The van der Waals surface area contributed by atoms with Crippen molar-refractivity contribution < 1.29 is 106 Å². The topological polar surface area (TPSA) is 288 Å². The molecule has 0 radical (unpaired) electrons. The molecule has 506 valence electrons. The Morgan fingerprint density at radius 2 is 0.721 bits per heavy atom. The predicted molar refractivity (Wildman–Crippen MR) is 325 cm³/mol. The van der Waals surface area contributed by atoms with Gasteiger partial charge in [-0.3, -0.25) is 9.69 Å². The van der Waals surface area contributed by atoms with E-state index in [4.69, 9.17) is 66.3 Å². The number of ether oxygens (including phenoxy) is 14. The summed E-state index contributed by atoms with van der Waals surface area (Å²) >= 11 is 0. The van der Waals surface area contributed by atoms with Crippen molar-refractivity contribution in [2.75, 3.05) is 192 Å². The Morgan fingerprint density at radius 1 is 0.407 bits per heavy atom. The van der Waals surface area contributed by atoms with Gasteiger partial charge in [-0.25, -0.2) is 14.4 Å². The molecule has 8 unspecified atom stereocenters. The molecule has 25 heteroatoms. The lowest BCUT2D eigenvalue weighted by Crippen LogP contribution is -2.43. The fourth-order valence-electron chi connectivity index (χ4n) is 7.80. The smallest absolute Gasteiger partial charge is 0.330 e. The Labute approximate surface area is 514 Å². The van der Waals surface area contributed by atoms with Crippen molar-refractivity contribution in [3.63, 3.8) is 0 Å². The van der Waals surface area contributed by atoms with Crippen LogP contribution in [0.25, 0.3) is 0 Å². The van der Waals surface area contributed by atoms with E-state index >= 15 is 0 Å². The zero-order valence-electron chi connectivity index (χ0n) is 54.1. The van der Waals surface area contributed by atoms with E-state index in [0.29, 0.717) is 65.4 Å².